The largest absolute Gasteiger partial charge is 0.313 e. The minimum atomic E-state index is 0.799. The van der Waals surface area contributed by atoms with Gasteiger partial charge in [-0.2, -0.15) is 11.8 Å². The first-order valence-corrected chi connectivity index (χ1v) is 7.59. The van der Waals surface area contributed by atoms with E-state index in [2.05, 4.69) is 23.2 Å². The smallest absolute Gasteiger partial charge is 0.0158 e. The van der Waals surface area contributed by atoms with E-state index in [-0.39, 0.29) is 0 Å². The first kappa shape index (κ1) is 11.5. The minimum Gasteiger partial charge on any atom is -0.313 e. The molecule has 0 unspecified atom stereocenters. The highest BCUT2D eigenvalue weighted by atomic mass is 32.2. The van der Waals surface area contributed by atoms with Crippen LogP contribution < -0.4 is 5.32 Å². The molecule has 0 spiro atoms. The minimum absolute atomic E-state index is 0.799. The average Bonchev–Trinajstić information content (AvgIpc) is 2.32. The van der Waals surface area contributed by atoms with Gasteiger partial charge in [-0.15, -0.1) is 0 Å². The van der Waals surface area contributed by atoms with Gasteiger partial charge in [-0.25, -0.2) is 0 Å². The molecule has 1 fully saturated rings. The van der Waals surface area contributed by atoms with Crippen molar-refractivity contribution < 1.29 is 0 Å². The Morgan fingerprint density at radius 2 is 2.33 bits per heavy atom. The van der Waals surface area contributed by atoms with Gasteiger partial charge in [-0.3, -0.25) is 0 Å². The zero-order valence-electron chi connectivity index (χ0n) is 9.63. The summed E-state index contributed by atoms with van der Waals surface area (Å²) in [6, 6.07) is 0.799. The molecule has 1 aliphatic heterocycles. The summed E-state index contributed by atoms with van der Waals surface area (Å²) in [4.78, 5) is 0. The van der Waals surface area contributed by atoms with Crippen molar-refractivity contribution in [2.75, 3.05) is 18.1 Å². The van der Waals surface area contributed by atoms with Crippen molar-refractivity contribution in [3.63, 3.8) is 0 Å². The van der Waals surface area contributed by atoms with E-state index in [4.69, 9.17) is 0 Å². The van der Waals surface area contributed by atoms with E-state index < -0.39 is 0 Å². The van der Waals surface area contributed by atoms with Crippen LogP contribution in [-0.2, 0) is 0 Å². The molecule has 0 bridgehead atoms. The van der Waals surface area contributed by atoms with E-state index in [9.17, 15) is 0 Å². The van der Waals surface area contributed by atoms with E-state index >= 15 is 0 Å². The third-order valence-corrected chi connectivity index (χ3v) is 4.64. The predicted octanol–water partition coefficient (Wildman–Crippen LogP) is 3.36. The number of hydrogen-bond acceptors (Lipinski definition) is 2. The summed E-state index contributed by atoms with van der Waals surface area (Å²) in [5.41, 5.74) is 1.71. The molecule has 1 aliphatic carbocycles. The lowest BCUT2D eigenvalue weighted by molar-refractivity contribution is 0.505. The molecule has 2 aliphatic rings. The topological polar surface area (TPSA) is 12.0 Å². The van der Waals surface area contributed by atoms with Gasteiger partial charge in [0.15, 0.2) is 0 Å². The zero-order valence-corrected chi connectivity index (χ0v) is 10.5. The second-order valence-corrected chi connectivity index (χ2v) is 5.88. The quantitative estimate of drug-likeness (QED) is 0.736. The molecule has 0 saturated carbocycles. The molecule has 15 heavy (non-hydrogen) atoms. The Balaban J connectivity index is 1.59. The fourth-order valence-electron chi connectivity index (χ4n) is 2.47. The molecule has 2 rings (SSSR count). The number of rotatable bonds is 4. The maximum absolute atomic E-state index is 3.71. The molecule has 0 aromatic carbocycles. The molecule has 1 heterocycles. The summed E-state index contributed by atoms with van der Waals surface area (Å²) >= 11 is 2.11. The molecule has 0 radical (unpaired) electrons. The number of allylic oxidation sites excluding steroid dienone is 1. The van der Waals surface area contributed by atoms with E-state index in [0.717, 1.165) is 6.04 Å². The maximum Gasteiger partial charge on any atom is 0.0158 e. The summed E-state index contributed by atoms with van der Waals surface area (Å²) in [6.07, 6.45) is 12.1. The lowest BCUT2D eigenvalue weighted by Crippen LogP contribution is -2.34. The number of hydrogen-bond donors (Lipinski definition) is 1. The Labute approximate surface area is 98.1 Å². The Morgan fingerprint density at radius 3 is 3.07 bits per heavy atom. The van der Waals surface area contributed by atoms with Gasteiger partial charge in [0.25, 0.3) is 0 Å². The second-order valence-electron chi connectivity index (χ2n) is 4.73. The Bertz CT molecular complexity index is 207. The highest BCUT2D eigenvalue weighted by Gasteiger charge is 2.12. The monoisotopic (exact) mass is 225 g/mol. The lowest BCUT2D eigenvalue weighted by atomic mass is 9.97. The van der Waals surface area contributed by atoms with Crippen LogP contribution in [-0.4, -0.2) is 24.1 Å². The zero-order chi connectivity index (χ0) is 10.3. The van der Waals surface area contributed by atoms with Crippen molar-refractivity contribution in [2.24, 2.45) is 0 Å². The average molecular weight is 225 g/mol. The molecule has 1 saturated heterocycles. The summed E-state index contributed by atoms with van der Waals surface area (Å²) in [5, 5.41) is 3.71. The molecule has 86 valence electrons. The van der Waals surface area contributed by atoms with Crippen molar-refractivity contribution in [1.82, 2.24) is 5.32 Å². The van der Waals surface area contributed by atoms with E-state index in [1.807, 2.05) is 0 Å². The summed E-state index contributed by atoms with van der Waals surface area (Å²) in [6.45, 7) is 1.21. The molecule has 1 N–H and O–H groups in total. The van der Waals surface area contributed by atoms with Crippen LogP contribution in [0.1, 0.15) is 44.9 Å². The molecule has 0 aromatic rings. The van der Waals surface area contributed by atoms with Crippen LogP contribution in [0.25, 0.3) is 0 Å². The molecule has 1 atom stereocenters. The van der Waals surface area contributed by atoms with Crippen LogP contribution in [0, 0.1) is 0 Å². The summed E-state index contributed by atoms with van der Waals surface area (Å²) < 4.78 is 0. The van der Waals surface area contributed by atoms with Crippen LogP contribution in [0.5, 0.6) is 0 Å². The van der Waals surface area contributed by atoms with E-state index in [1.54, 1.807) is 5.57 Å². The van der Waals surface area contributed by atoms with Gasteiger partial charge >= 0.3 is 0 Å². The molecular weight excluding hydrogens is 202 g/mol. The van der Waals surface area contributed by atoms with Crippen molar-refractivity contribution in [3.05, 3.63) is 11.6 Å². The van der Waals surface area contributed by atoms with Gasteiger partial charge in [-0.05, 0) is 57.2 Å². The standard InChI is InChI=1S/C13H23NS/c1-2-5-12(6-3-1)8-9-14-13-7-4-10-15-11-13/h5,13-14H,1-4,6-11H2/t13-/m0/s1. The maximum atomic E-state index is 3.71. The van der Waals surface area contributed by atoms with Gasteiger partial charge in [0.2, 0.25) is 0 Å². The van der Waals surface area contributed by atoms with Crippen LogP contribution in [0.2, 0.25) is 0 Å². The van der Waals surface area contributed by atoms with Gasteiger partial charge in [-0.1, -0.05) is 11.6 Å². The molecule has 0 amide bonds. The van der Waals surface area contributed by atoms with Crippen LogP contribution in [0.15, 0.2) is 11.6 Å². The van der Waals surface area contributed by atoms with E-state index in [0.29, 0.717) is 0 Å². The Kier molecular flexibility index (Phi) is 5.07. The van der Waals surface area contributed by atoms with Crippen molar-refractivity contribution in [2.45, 2.75) is 51.0 Å². The fraction of sp³-hybridized carbons (Fsp3) is 0.846. The molecule has 2 heteroatoms. The number of nitrogens with one attached hydrogen (secondary N) is 1. The first-order chi connectivity index (χ1) is 7.45. The highest BCUT2D eigenvalue weighted by molar-refractivity contribution is 7.99. The SMILES string of the molecule is C1=C(CCN[C@H]2CCCSC2)CCCC1. The summed E-state index contributed by atoms with van der Waals surface area (Å²) in [7, 11) is 0. The van der Waals surface area contributed by atoms with Gasteiger partial charge < -0.3 is 5.32 Å². The second kappa shape index (κ2) is 6.59. The van der Waals surface area contributed by atoms with E-state index in [1.165, 1.54) is 63.0 Å². The fourth-order valence-corrected chi connectivity index (χ4v) is 3.58. The molecular formula is C13H23NS. The third-order valence-electron chi connectivity index (χ3n) is 3.42. The van der Waals surface area contributed by atoms with Crippen molar-refractivity contribution >= 4 is 11.8 Å². The lowest BCUT2D eigenvalue weighted by Gasteiger charge is -2.23. The van der Waals surface area contributed by atoms with Gasteiger partial charge in [0, 0.05) is 11.8 Å². The third kappa shape index (κ3) is 4.20. The molecule has 0 aromatic heterocycles. The van der Waals surface area contributed by atoms with Gasteiger partial charge in [0.1, 0.15) is 0 Å². The Hall–Kier alpha value is 0.0500. The molecule has 1 nitrogen and oxygen atoms in total. The van der Waals surface area contributed by atoms with Crippen molar-refractivity contribution in [1.29, 1.82) is 0 Å². The Morgan fingerprint density at radius 1 is 1.33 bits per heavy atom. The highest BCUT2D eigenvalue weighted by Crippen LogP contribution is 2.20. The van der Waals surface area contributed by atoms with Crippen LogP contribution in [0.3, 0.4) is 0 Å². The van der Waals surface area contributed by atoms with Crippen LogP contribution in [0.4, 0.5) is 0 Å². The normalized spacial score (nSPS) is 27.5. The predicted molar refractivity (Wildman–Crippen MR) is 69.5 cm³/mol. The number of thioether (sulfide) groups is 1. The van der Waals surface area contributed by atoms with Crippen molar-refractivity contribution in [3.8, 4) is 0 Å². The van der Waals surface area contributed by atoms with Gasteiger partial charge in [0.05, 0.1) is 0 Å². The summed E-state index contributed by atoms with van der Waals surface area (Å²) in [5.74, 6) is 2.71. The van der Waals surface area contributed by atoms with Crippen LogP contribution >= 0.6 is 11.8 Å². The first-order valence-electron chi connectivity index (χ1n) is 6.44.